The summed E-state index contributed by atoms with van der Waals surface area (Å²) in [5.41, 5.74) is 2.98. The standard InChI is InChI=1S/C32H24N2O5/c35-30(27-17-24-10-4-5-11-26(24)39-27)28-29(34(32(37)31(28)36)19-22-9-6-16-33-18-22)23-12-14-25(15-13-23)38-20-21-7-2-1-3-8-21/h1-18,29,36H,19-20H2. The maximum Gasteiger partial charge on any atom is 0.290 e. The number of amides is 1. The summed E-state index contributed by atoms with van der Waals surface area (Å²) in [6.07, 6.45) is 3.30. The van der Waals surface area contributed by atoms with E-state index >= 15 is 0 Å². The number of furan rings is 1. The van der Waals surface area contributed by atoms with Crippen LogP contribution in [0.25, 0.3) is 11.0 Å². The van der Waals surface area contributed by atoms with Crippen molar-refractivity contribution < 1.29 is 23.8 Å². The molecule has 1 atom stereocenters. The van der Waals surface area contributed by atoms with Crippen molar-refractivity contribution in [2.24, 2.45) is 0 Å². The quantitative estimate of drug-likeness (QED) is 0.247. The maximum absolute atomic E-state index is 13.8. The Bertz CT molecular complexity index is 1640. The molecule has 1 N–H and O–H groups in total. The van der Waals surface area contributed by atoms with Gasteiger partial charge in [-0.2, -0.15) is 0 Å². The fraction of sp³-hybridized carbons (Fsp3) is 0.0938. The number of para-hydroxylation sites is 1. The summed E-state index contributed by atoms with van der Waals surface area (Å²) in [5.74, 6) is -1.06. The molecule has 0 aliphatic carbocycles. The van der Waals surface area contributed by atoms with E-state index < -0.39 is 23.5 Å². The van der Waals surface area contributed by atoms with E-state index in [1.165, 1.54) is 4.90 Å². The predicted octanol–water partition coefficient (Wildman–Crippen LogP) is 6.19. The number of pyridine rings is 1. The molecule has 39 heavy (non-hydrogen) atoms. The lowest BCUT2D eigenvalue weighted by Gasteiger charge is -2.26. The SMILES string of the molecule is O=C(C1=C(O)C(=O)N(Cc2cccnc2)C1c1ccc(OCc2ccccc2)cc1)c1cc2ccccc2o1. The summed E-state index contributed by atoms with van der Waals surface area (Å²) in [6, 6.07) is 28.7. The molecule has 0 saturated carbocycles. The number of carbonyl (C=O) groups excluding carboxylic acids is 2. The number of hydrogen-bond acceptors (Lipinski definition) is 6. The Hall–Kier alpha value is -5.17. The smallest absolute Gasteiger partial charge is 0.290 e. The van der Waals surface area contributed by atoms with Crippen LogP contribution in [-0.2, 0) is 17.9 Å². The van der Waals surface area contributed by atoms with Crippen LogP contribution in [-0.4, -0.2) is 26.7 Å². The van der Waals surface area contributed by atoms with Crippen LogP contribution in [0.4, 0.5) is 0 Å². The van der Waals surface area contributed by atoms with Crippen molar-refractivity contribution >= 4 is 22.7 Å². The number of carbonyl (C=O) groups is 2. The van der Waals surface area contributed by atoms with Crippen LogP contribution < -0.4 is 4.74 Å². The molecule has 1 aliphatic heterocycles. The van der Waals surface area contributed by atoms with Gasteiger partial charge >= 0.3 is 0 Å². The number of rotatable bonds is 8. The minimum Gasteiger partial charge on any atom is -0.503 e. The molecular weight excluding hydrogens is 492 g/mol. The summed E-state index contributed by atoms with van der Waals surface area (Å²) in [7, 11) is 0. The Balaban J connectivity index is 1.34. The zero-order chi connectivity index (χ0) is 26.8. The first-order valence-electron chi connectivity index (χ1n) is 12.5. The summed E-state index contributed by atoms with van der Waals surface area (Å²) >= 11 is 0. The first-order valence-corrected chi connectivity index (χ1v) is 12.5. The van der Waals surface area contributed by atoms with Crippen LogP contribution in [0, 0.1) is 0 Å². The van der Waals surface area contributed by atoms with Crippen molar-refractivity contribution in [2.75, 3.05) is 0 Å². The molecule has 7 nitrogen and oxygen atoms in total. The Morgan fingerprint density at radius 1 is 0.923 bits per heavy atom. The number of benzene rings is 3. The van der Waals surface area contributed by atoms with Crippen LogP contribution in [0.1, 0.15) is 33.3 Å². The number of aromatic nitrogens is 1. The van der Waals surface area contributed by atoms with Crippen LogP contribution >= 0.6 is 0 Å². The van der Waals surface area contributed by atoms with Crippen molar-refractivity contribution in [2.45, 2.75) is 19.2 Å². The van der Waals surface area contributed by atoms with Gasteiger partial charge in [0.25, 0.3) is 5.91 Å². The third-order valence-electron chi connectivity index (χ3n) is 6.72. The molecule has 1 unspecified atom stereocenters. The number of aliphatic hydroxyl groups is 1. The molecule has 3 aromatic carbocycles. The zero-order valence-electron chi connectivity index (χ0n) is 20.9. The fourth-order valence-electron chi connectivity index (χ4n) is 4.80. The number of aliphatic hydroxyl groups excluding tert-OH is 1. The average Bonchev–Trinajstić information content (AvgIpc) is 3.52. The number of fused-ring (bicyclic) bond motifs is 1. The normalized spacial score (nSPS) is 15.2. The molecule has 0 saturated heterocycles. The topological polar surface area (TPSA) is 92.9 Å². The van der Waals surface area contributed by atoms with Crippen LogP contribution in [0.5, 0.6) is 5.75 Å². The van der Waals surface area contributed by atoms with Gasteiger partial charge in [0.1, 0.15) is 17.9 Å². The van der Waals surface area contributed by atoms with Gasteiger partial charge in [-0.1, -0.05) is 66.7 Å². The number of ether oxygens (including phenoxy) is 1. The van der Waals surface area contributed by atoms with Gasteiger partial charge in [0.15, 0.2) is 11.5 Å². The second-order valence-corrected chi connectivity index (χ2v) is 9.28. The van der Waals surface area contributed by atoms with Crippen LogP contribution in [0.2, 0.25) is 0 Å². The van der Waals surface area contributed by atoms with Crippen LogP contribution in [0.15, 0.2) is 125 Å². The second-order valence-electron chi connectivity index (χ2n) is 9.28. The number of ketones is 1. The van der Waals surface area contributed by atoms with E-state index in [-0.39, 0.29) is 17.9 Å². The average molecular weight is 517 g/mol. The summed E-state index contributed by atoms with van der Waals surface area (Å²) in [5, 5.41) is 11.8. The summed E-state index contributed by atoms with van der Waals surface area (Å²) in [6.45, 7) is 0.566. The highest BCUT2D eigenvalue weighted by Crippen LogP contribution is 2.41. The molecular formula is C32H24N2O5. The van der Waals surface area contributed by atoms with E-state index in [9.17, 15) is 14.7 Å². The van der Waals surface area contributed by atoms with E-state index in [4.69, 9.17) is 9.15 Å². The van der Waals surface area contributed by atoms with E-state index in [0.29, 0.717) is 23.5 Å². The van der Waals surface area contributed by atoms with E-state index in [1.807, 2.05) is 54.6 Å². The number of nitrogens with zero attached hydrogens (tertiary/aromatic N) is 2. The molecule has 5 aromatic rings. The molecule has 7 heteroatoms. The highest BCUT2D eigenvalue weighted by Gasteiger charge is 2.44. The first kappa shape index (κ1) is 24.2. The first-order chi connectivity index (χ1) is 19.1. The van der Waals surface area contributed by atoms with Crippen LogP contribution in [0.3, 0.4) is 0 Å². The van der Waals surface area contributed by atoms with Crippen molar-refractivity contribution in [3.8, 4) is 5.75 Å². The maximum atomic E-state index is 13.8. The molecule has 0 radical (unpaired) electrons. The van der Waals surface area contributed by atoms with Crippen molar-refractivity contribution in [1.29, 1.82) is 0 Å². The van der Waals surface area contributed by atoms with Gasteiger partial charge in [0.05, 0.1) is 11.6 Å². The van der Waals surface area contributed by atoms with Gasteiger partial charge in [-0.3, -0.25) is 14.6 Å². The molecule has 0 bridgehead atoms. The van der Waals surface area contributed by atoms with Gasteiger partial charge in [0.2, 0.25) is 5.78 Å². The molecule has 0 fully saturated rings. The lowest BCUT2D eigenvalue weighted by Crippen LogP contribution is -2.30. The molecule has 6 rings (SSSR count). The van der Waals surface area contributed by atoms with Gasteiger partial charge in [-0.15, -0.1) is 0 Å². The molecule has 3 heterocycles. The van der Waals surface area contributed by atoms with E-state index in [1.54, 1.807) is 54.9 Å². The predicted molar refractivity (Wildman–Crippen MR) is 145 cm³/mol. The lowest BCUT2D eigenvalue weighted by atomic mass is 9.94. The van der Waals surface area contributed by atoms with E-state index in [0.717, 1.165) is 16.5 Å². The minimum absolute atomic E-state index is 0.0269. The summed E-state index contributed by atoms with van der Waals surface area (Å²) < 4.78 is 11.7. The lowest BCUT2D eigenvalue weighted by molar-refractivity contribution is -0.130. The Labute approximate surface area is 224 Å². The zero-order valence-corrected chi connectivity index (χ0v) is 20.9. The monoisotopic (exact) mass is 516 g/mol. The molecule has 1 aliphatic rings. The highest BCUT2D eigenvalue weighted by atomic mass is 16.5. The largest absolute Gasteiger partial charge is 0.503 e. The van der Waals surface area contributed by atoms with Crippen molar-refractivity contribution in [3.05, 3.63) is 143 Å². The number of Topliss-reactive ketones (excluding diaryl/α,β-unsaturated/α-hetero) is 1. The van der Waals surface area contributed by atoms with Crippen molar-refractivity contribution in [3.63, 3.8) is 0 Å². The van der Waals surface area contributed by atoms with Gasteiger partial charge < -0.3 is 19.2 Å². The fourth-order valence-corrected chi connectivity index (χ4v) is 4.80. The molecule has 0 spiro atoms. The second kappa shape index (κ2) is 10.3. The Kier molecular flexibility index (Phi) is 6.39. The molecule has 192 valence electrons. The molecule has 2 aromatic heterocycles. The van der Waals surface area contributed by atoms with E-state index in [2.05, 4.69) is 4.98 Å². The van der Waals surface area contributed by atoms with Gasteiger partial charge in [0, 0.05) is 24.3 Å². The summed E-state index contributed by atoms with van der Waals surface area (Å²) in [4.78, 5) is 32.7. The Morgan fingerprint density at radius 3 is 2.41 bits per heavy atom. The minimum atomic E-state index is -0.832. The van der Waals surface area contributed by atoms with Gasteiger partial charge in [-0.05, 0) is 47.0 Å². The Morgan fingerprint density at radius 2 is 1.67 bits per heavy atom. The number of hydrogen-bond donors (Lipinski definition) is 1. The molecule has 1 amide bonds. The van der Waals surface area contributed by atoms with Gasteiger partial charge in [-0.25, -0.2) is 0 Å². The third-order valence-corrected chi connectivity index (χ3v) is 6.72. The van der Waals surface area contributed by atoms with Crippen molar-refractivity contribution in [1.82, 2.24) is 9.88 Å². The third kappa shape index (κ3) is 4.78. The highest BCUT2D eigenvalue weighted by molar-refractivity contribution is 6.16.